The molecule has 2 unspecified atom stereocenters. The summed E-state index contributed by atoms with van der Waals surface area (Å²) in [6.45, 7) is -0.185. The molecule has 2 N–H and O–H groups in total. The van der Waals surface area contributed by atoms with E-state index in [1.165, 1.54) is 42.6 Å². The monoisotopic (exact) mass is 436 g/mol. The zero-order valence-electron chi connectivity index (χ0n) is 16.3. The van der Waals surface area contributed by atoms with E-state index in [9.17, 15) is 22.0 Å². The van der Waals surface area contributed by atoms with Crippen LogP contribution in [-0.4, -0.2) is 43.0 Å². The molecule has 0 bridgehead atoms. The highest BCUT2D eigenvalue weighted by Crippen LogP contribution is 2.34. The SMILES string of the molecule is CS(=O)(=O)c1ccc(/C(=C\C2CC(F)C(F)C2)C(=O)Nc2ccc(CO)cn2)cc1. The van der Waals surface area contributed by atoms with Crippen molar-refractivity contribution in [3.63, 3.8) is 0 Å². The molecule has 3 rings (SSSR count). The molecule has 1 heterocycles. The van der Waals surface area contributed by atoms with Gasteiger partial charge >= 0.3 is 0 Å². The fourth-order valence-electron chi connectivity index (χ4n) is 3.30. The fraction of sp³-hybridized carbons (Fsp3) is 0.333. The third-order valence-corrected chi connectivity index (χ3v) is 6.07. The maximum Gasteiger partial charge on any atom is 0.257 e. The molecule has 9 heteroatoms. The largest absolute Gasteiger partial charge is 0.392 e. The smallest absolute Gasteiger partial charge is 0.257 e. The lowest BCUT2D eigenvalue weighted by molar-refractivity contribution is -0.111. The highest BCUT2D eigenvalue weighted by atomic mass is 32.2. The van der Waals surface area contributed by atoms with Crippen LogP contribution in [0.2, 0.25) is 0 Å². The van der Waals surface area contributed by atoms with Gasteiger partial charge in [-0.05, 0) is 48.1 Å². The van der Waals surface area contributed by atoms with E-state index >= 15 is 0 Å². The molecule has 6 nitrogen and oxygen atoms in total. The van der Waals surface area contributed by atoms with Gasteiger partial charge < -0.3 is 10.4 Å². The lowest BCUT2D eigenvalue weighted by Crippen LogP contribution is -2.16. The Morgan fingerprint density at radius 1 is 1.17 bits per heavy atom. The van der Waals surface area contributed by atoms with Crippen molar-refractivity contribution < 1.29 is 27.1 Å². The zero-order chi connectivity index (χ0) is 21.9. The van der Waals surface area contributed by atoms with Crippen molar-refractivity contribution in [2.24, 2.45) is 5.92 Å². The summed E-state index contributed by atoms with van der Waals surface area (Å²) in [5, 5.41) is 11.7. The molecular weight excluding hydrogens is 414 g/mol. The van der Waals surface area contributed by atoms with Gasteiger partial charge in [-0.25, -0.2) is 22.2 Å². The summed E-state index contributed by atoms with van der Waals surface area (Å²) < 4.78 is 50.6. The number of nitrogens with zero attached hydrogens (tertiary/aromatic N) is 1. The van der Waals surface area contributed by atoms with Crippen molar-refractivity contribution in [1.82, 2.24) is 4.98 Å². The van der Waals surface area contributed by atoms with Crippen molar-refractivity contribution >= 4 is 27.1 Å². The molecule has 160 valence electrons. The molecule has 1 aliphatic rings. The van der Waals surface area contributed by atoms with Gasteiger partial charge in [0.1, 0.15) is 18.2 Å². The topological polar surface area (TPSA) is 96.4 Å². The number of alkyl halides is 2. The number of carbonyl (C=O) groups excluding carboxylic acids is 1. The Kier molecular flexibility index (Phi) is 6.62. The Morgan fingerprint density at radius 3 is 2.30 bits per heavy atom. The molecular formula is C21H22F2N2O4S. The molecule has 1 aromatic carbocycles. The Bertz CT molecular complexity index is 1030. The molecule has 1 amide bonds. The van der Waals surface area contributed by atoms with E-state index in [1.54, 1.807) is 6.07 Å². The second-order valence-electron chi connectivity index (χ2n) is 7.30. The molecule has 0 radical (unpaired) electrons. The van der Waals surface area contributed by atoms with Crippen LogP contribution in [0, 0.1) is 5.92 Å². The Morgan fingerprint density at radius 2 is 1.80 bits per heavy atom. The summed E-state index contributed by atoms with van der Waals surface area (Å²) in [6, 6.07) is 8.86. The number of nitrogens with one attached hydrogen (secondary N) is 1. The van der Waals surface area contributed by atoms with Gasteiger partial charge in [0.15, 0.2) is 9.84 Å². The number of hydrogen-bond acceptors (Lipinski definition) is 5. The summed E-state index contributed by atoms with van der Waals surface area (Å²) >= 11 is 0. The molecule has 1 fully saturated rings. The van der Waals surface area contributed by atoms with Crippen molar-refractivity contribution in [1.29, 1.82) is 0 Å². The molecule has 2 atom stereocenters. The first-order valence-corrected chi connectivity index (χ1v) is 11.2. The highest BCUT2D eigenvalue weighted by molar-refractivity contribution is 7.90. The lowest BCUT2D eigenvalue weighted by atomic mass is 9.98. The van der Waals surface area contributed by atoms with Gasteiger partial charge in [-0.2, -0.15) is 0 Å². The Hall–Kier alpha value is -2.65. The number of carbonyl (C=O) groups is 1. The number of aliphatic hydroxyl groups is 1. The molecule has 2 aromatic rings. The Balaban J connectivity index is 1.91. The predicted molar refractivity (Wildman–Crippen MR) is 109 cm³/mol. The number of allylic oxidation sites excluding steroid dienone is 1. The van der Waals surface area contributed by atoms with Gasteiger partial charge in [0.25, 0.3) is 5.91 Å². The third kappa shape index (κ3) is 5.28. The van der Waals surface area contributed by atoms with Crippen molar-refractivity contribution in [2.75, 3.05) is 11.6 Å². The minimum Gasteiger partial charge on any atom is -0.392 e. The van der Waals surface area contributed by atoms with Crippen molar-refractivity contribution in [3.8, 4) is 0 Å². The summed E-state index contributed by atoms with van der Waals surface area (Å²) in [7, 11) is -3.41. The number of anilines is 1. The van der Waals surface area contributed by atoms with Gasteiger partial charge in [0.05, 0.1) is 11.5 Å². The van der Waals surface area contributed by atoms with Gasteiger partial charge in [-0.15, -0.1) is 0 Å². The number of sulfone groups is 1. The van der Waals surface area contributed by atoms with Crippen molar-refractivity contribution in [3.05, 3.63) is 59.8 Å². The third-order valence-electron chi connectivity index (χ3n) is 4.94. The van der Waals surface area contributed by atoms with Crippen LogP contribution in [0.5, 0.6) is 0 Å². The van der Waals surface area contributed by atoms with Crippen LogP contribution in [0.4, 0.5) is 14.6 Å². The van der Waals surface area contributed by atoms with Crippen LogP contribution >= 0.6 is 0 Å². The number of amides is 1. The van der Waals surface area contributed by atoms with E-state index < -0.39 is 34.0 Å². The highest BCUT2D eigenvalue weighted by Gasteiger charge is 2.34. The number of aromatic nitrogens is 1. The van der Waals surface area contributed by atoms with Crippen LogP contribution < -0.4 is 5.32 Å². The normalized spacial score (nSPS) is 22.1. The van der Waals surface area contributed by atoms with Crippen LogP contribution in [0.1, 0.15) is 24.0 Å². The molecule has 1 aliphatic carbocycles. The number of hydrogen-bond donors (Lipinski definition) is 2. The average molecular weight is 436 g/mol. The number of benzene rings is 1. The number of halogens is 2. The van der Waals surface area contributed by atoms with Crippen LogP contribution in [-0.2, 0) is 21.2 Å². The second kappa shape index (κ2) is 9.01. The summed E-state index contributed by atoms with van der Waals surface area (Å²) in [5.74, 6) is -0.756. The molecule has 30 heavy (non-hydrogen) atoms. The maximum absolute atomic E-state index is 13.6. The van der Waals surface area contributed by atoms with E-state index in [-0.39, 0.29) is 35.7 Å². The quantitative estimate of drug-likeness (QED) is 0.679. The first-order chi connectivity index (χ1) is 14.2. The van der Waals surface area contributed by atoms with E-state index in [4.69, 9.17) is 5.11 Å². The van der Waals surface area contributed by atoms with Gasteiger partial charge in [0, 0.05) is 18.0 Å². The maximum atomic E-state index is 13.6. The zero-order valence-corrected chi connectivity index (χ0v) is 17.1. The number of rotatable bonds is 6. The van der Waals surface area contributed by atoms with E-state index in [0.717, 1.165) is 6.26 Å². The van der Waals surface area contributed by atoms with E-state index in [1.807, 2.05) is 0 Å². The standard InChI is InChI=1S/C21H22F2N2O4S/c1-30(28,29)16-5-3-15(4-6-16)17(8-14-9-18(22)19(23)10-14)21(27)25-20-7-2-13(12-26)11-24-20/h2-8,11,14,18-19,26H,9-10,12H2,1H3,(H,24,25,27)/b17-8+. The van der Waals surface area contributed by atoms with Crippen LogP contribution in [0.3, 0.4) is 0 Å². The van der Waals surface area contributed by atoms with Crippen molar-refractivity contribution in [2.45, 2.75) is 36.7 Å². The summed E-state index contributed by atoms with van der Waals surface area (Å²) in [4.78, 5) is 17.1. The van der Waals surface area contributed by atoms with Gasteiger partial charge in [-0.1, -0.05) is 24.3 Å². The molecule has 0 saturated heterocycles. The molecule has 1 saturated carbocycles. The first-order valence-electron chi connectivity index (χ1n) is 9.35. The van der Waals surface area contributed by atoms with E-state index in [2.05, 4.69) is 10.3 Å². The molecule has 0 spiro atoms. The second-order valence-corrected chi connectivity index (χ2v) is 9.32. The summed E-state index contributed by atoms with van der Waals surface area (Å²) in [6.07, 6.45) is 0.823. The number of aliphatic hydroxyl groups excluding tert-OH is 1. The predicted octanol–water partition coefficient (Wildman–Crippen LogP) is 3.09. The first kappa shape index (κ1) is 22.0. The van der Waals surface area contributed by atoms with E-state index in [0.29, 0.717) is 11.1 Å². The molecule has 1 aromatic heterocycles. The summed E-state index contributed by atoms with van der Waals surface area (Å²) in [5.41, 5.74) is 1.17. The number of pyridine rings is 1. The van der Waals surface area contributed by atoms with Crippen LogP contribution in [0.15, 0.2) is 53.6 Å². The van der Waals surface area contributed by atoms with Gasteiger partial charge in [-0.3, -0.25) is 4.79 Å². The fourth-order valence-corrected chi connectivity index (χ4v) is 3.93. The molecule has 0 aliphatic heterocycles. The lowest BCUT2D eigenvalue weighted by Gasteiger charge is -2.12. The minimum absolute atomic E-state index is 0.0250. The van der Waals surface area contributed by atoms with Crippen LogP contribution in [0.25, 0.3) is 5.57 Å². The Labute approximate surface area is 173 Å². The van der Waals surface area contributed by atoms with Gasteiger partial charge in [0.2, 0.25) is 0 Å². The average Bonchev–Trinajstić information content (AvgIpc) is 3.03. The minimum atomic E-state index is -3.41.